The minimum absolute atomic E-state index is 0.337. The highest BCUT2D eigenvalue weighted by molar-refractivity contribution is 4.79. The fourth-order valence-electron chi connectivity index (χ4n) is 2.06. The topological polar surface area (TPSA) is 21.3 Å². The van der Waals surface area contributed by atoms with Crippen molar-refractivity contribution in [2.75, 3.05) is 13.7 Å². The number of methoxy groups -OCH3 is 1. The molecule has 92 valence electrons. The molecule has 0 aliphatic carbocycles. The smallest absolute Gasteiger partial charge is 0.0747 e. The highest BCUT2D eigenvalue weighted by Gasteiger charge is 2.23. The van der Waals surface area contributed by atoms with Gasteiger partial charge in [-0.05, 0) is 31.2 Å². The van der Waals surface area contributed by atoms with Crippen LogP contribution >= 0.6 is 0 Å². The van der Waals surface area contributed by atoms with E-state index in [1.807, 2.05) is 7.11 Å². The summed E-state index contributed by atoms with van der Waals surface area (Å²) in [5, 5.41) is 3.55. The first-order valence-corrected chi connectivity index (χ1v) is 6.29. The zero-order chi connectivity index (χ0) is 11.8. The Balaban J connectivity index is 4.20. The van der Waals surface area contributed by atoms with Crippen molar-refractivity contribution < 1.29 is 4.74 Å². The molecule has 0 fully saturated rings. The van der Waals surface area contributed by atoms with Crippen molar-refractivity contribution in [2.45, 2.75) is 59.6 Å². The Kier molecular flexibility index (Phi) is 8.07. The lowest BCUT2D eigenvalue weighted by atomic mass is 9.93. The van der Waals surface area contributed by atoms with Crippen LogP contribution in [0.2, 0.25) is 0 Å². The zero-order valence-corrected chi connectivity index (χ0v) is 11.3. The molecule has 0 aromatic carbocycles. The number of ether oxygens (including phenoxy) is 1. The molecule has 15 heavy (non-hydrogen) atoms. The minimum atomic E-state index is 0.337. The molecule has 0 aromatic rings. The minimum Gasteiger partial charge on any atom is -0.380 e. The van der Waals surface area contributed by atoms with Crippen LogP contribution in [0.5, 0.6) is 0 Å². The third kappa shape index (κ3) is 6.16. The summed E-state index contributed by atoms with van der Waals surface area (Å²) in [6.07, 6.45) is 2.82. The van der Waals surface area contributed by atoms with E-state index in [1.54, 1.807) is 0 Å². The number of likely N-dealkylation sites (N-methyl/N-ethyl adjacent to an activating group) is 1. The summed E-state index contributed by atoms with van der Waals surface area (Å²) in [7, 11) is 1.82. The molecule has 0 radical (unpaired) electrons. The van der Waals surface area contributed by atoms with Gasteiger partial charge in [-0.15, -0.1) is 0 Å². The monoisotopic (exact) mass is 215 g/mol. The van der Waals surface area contributed by atoms with E-state index in [0.717, 1.165) is 12.5 Å². The molecule has 2 nitrogen and oxygen atoms in total. The van der Waals surface area contributed by atoms with E-state index in [2.05, 4.69) is 39.9 Å². The lowest BCUT2D eigenvalue weighted by molar-refractivity contribution is 0.0297. The summed E-state index contributed by atoms with van der Waals surface area (Å²) in [5.74, 6) is 1.35. The third-order valence-corrected chi connectivity index (χ3v) is 2.85. The maximum atomic E-state index is 5.60. The van der Waals surface area contributed by atoms with Crippen LogP contribution in [0.3, 0.4) is 0 Å². The summed E-state index contributed by atoms with van der Waals surface area (Å²) in [5.41, 5.74) is 0. The molecular formula is C13H29NO. The number of hydrogen-bond acceptors (Lipinski definition) is 2. The van der Waals surface area contributed by atoms with Crippen molar-refractivity contribution in [3.63, 3.8) is 0 Å². The van der Waals surface area contributed by atoms with Gasteiger partial charge in [0.25, 0.3) is 0 Å². The molecule has 2 heteroatoms. The summed E-state index contributed by atoms with van der Waals surface area (Å²) >= 11 is 0. The van der Waals surface area contributed by atoms with Crippen LogP contribution < -0.4 is 5.32 Å². The number of rotatable bonds is 8. The van der Waals surface area contributed by atoms with Crippen molar-refractivity contribution >= 4 is 0 Å². The maximum Gasteiger partial charge on any atom is 0.0747 e. The summed E-state index contributed by atoms with van der Waals surface area (Å²) in [6.45, 7) is 12.2. The van der Waals surface area contributed by atoms with Crippen LogP contribution in [0.4, 0.5) is 0 Å². The SMILES string of the molecule is CCNC(CCC(C)C)C(OC)C(C)C. The Bertz CT molecular complexity index is 145. The van der Waals surface area contributed by atoms with Crippen molar-refractivity contribution in [3.05, 3.63) is 0 Å². The van der Waals surface area contributed by atoms with Crippen molar-refractivity contribution in [1.29, 1.82) is 0 Å². The Hall–Kier alpha value is -0.0800. The summed E-state index contributed by atoms with van der Waals surface area (Å²) in [4.78, 5) is 0. The Morgan fingerprint density at radius 1 is 1.07 bits per heavy atom. The molecule has 0 rings (SSSR count). The van der Waals surface area contributed by atoms with Crippen LogP contribution in [-0.4, -0.2) is 25.8 Å². The van der Waals surface area contributed by atoms with Crippen molar-refractivity contribution in [1.82, 2.24) is 5.32 Å². The van der Waals surface area contributed by atoms with Gasteiger partial charge >= 0.3 is 0 Å². The normalized spacial score (nSPS) is 16.0. The van der Waals surface area contributed by atoms with Gasteiger partial charge in [-0.2, -0.15) is 0 Å². The third-order valence-electron chi connectivity index (χ3n) is 2.85. The Morgan fingerprint density at radius 3 is 2.00 bits per heavy atom. The standard InChI is InChI=1S/C13H29NO/c1-7-14-12(9-8-10(2)3)13(15-6)11(4)5/h10-14H,7-9H2,1-6H3. The molecule has 0 aromatic heterocycles. The molecule has 0 aliphatic rings. The van der Waals surface area contributed by atoms with Crippen LogP contribution in [-0.2, 0) is 4.74 Å². The first kappa shape index (κ1) is 14.9. The van der Waals surface area contributed by atoms with E-state index in [9.17, 15) is 0 Å². The average molecular weight is 215 g/mol. The fourth-order valence-corrected chi connectivity index (χ4v) is 2.06. The van der Waals surface area contributed by atoms with Gasteiger partial charge in [0.15, 0.2) is 0 Å². The Morgan fingerprint density at radius 2 is 1.67 bits per heavy atom. The molecule has 0 saturated carbocycles. The second kappa shape index (κ2) is 8.12. The molecule has 2 unspecified atom stereocenters. The number of hydrogen-bond donors (Lipinski definition) is 1. The molecule has 0 heterocycles. The quantitative estimate of drug-likeness (QED) is 0.672. The fraction of sp³-hybridized carbons (Fsp3) is 1.00. The molecule has 0 spiro atoms. The first-order valence-electron chi connectivity index (χ1n) is 6.29. The van der Waals surface area contributed by atoms with Gasteiger partial charge in [0.1, 0.15) is 0 Å². The van der Waals surface area contributed by atoms with Crippen molar-refractivity contribution in [2.24, 2.45) is 11.8 Å². The lowest BCUT2D eigenvalue weighted by Gasteiger charge is -2.30. The average Bonchev–Trinajstić information content (AvgIpc) is 2.14. The van der Waals surface area contributed by atoms with Gasteiger partial charge in [-0.1, -0.05) is 34.6 Å². The molecule has 0 amide bonds. The maximum absolute atomic E-state index is 5.60. The Labute approximate surface area is 95.8 Å². The molecule has 2 atom stereocenters. The predicted octanol–water partition coefficient (Wildman–Crippen LogP) is 3.07. The molecule has 0 bridgehead atoms. The van der Waals surface area contributed by atoms with Gasteiger partial charge in [-0.3, -0.25) is 0 Å². The van der Waals surface area contributed by atoms with Crippen LogP contribution in [0.25, 0.3) is 0 Å². The largest absolute Gasteiger partial charge is 0.380 e. The lowest BCUT2D eigenvalue weighted by Crippen LogP contribution is -2.43. The summed E-state index contributed by atoms with van der Waals surface area (Å²) in [6, 6.07) is 0.502. The zero-order valence-electron chi connectivity index (χ0n) is 11.3. The highest BCUT2D eigenvalue weighted by Crippen LogP contribution is 2.16. The van der Waals surface area contributed by atoms with E-state index in [4.69, 9.17) is 4.74 Å². The van der Waals surface area contributed by atoms with E-state index < -0.39 is 0 Å². The summed E-state index contributed by atoms with van der Waals surface area (Å²) < 4.78 is 5.60. The molecular weight excluding hydrogens is 186 g/mol. The van der Waals surface area contributed by atoms with Crippen LogP contribution in [0, 0.1) is 11.8 Å². The van der Waals surface area contributed by atoms with Crippen LogP contribution in [0.1, 0.15) is 47.5 Å². The van der Waals surface area contributed by atoms with Gasteiger partial charge in [0.2, 0.25) is 0 Å². The van der Waals surface area contributed by atoms with Gasteiger partial charge in [0.05, 0.1) is 6.10 Å². The first-order chi connectivity index (χ1) is 7.02. The van der Waals surface area contributed by atoms with E-state index in [1.165, 1.54) is 12.8 Å². The van der Waals surface area contributed by atoms with Crippen molar-refractivity contribution in [3.8, 4) is 0 Å². The van der Waals surface area contributed by atoms with Gasteiger partial charge < -0.3 is 10.1 Å². The van der Waals surface area contributed by atoms with E-state index in [-0.39, 0.29) is 0 Å². The molecule has 0 aliphatic heterocycles. The second-order valence-electron chi connectivity index (χ2n) is 5.08. The second-order valence-corrected chi connectivity index (χ2v) is 5.08. The van der Waals surface area contributed by atoms with Gasteiger partial charge in [0, 0.05) is 13.2 Å². The molecule has 0 saturated heterocycles. The van der Waals surface area contributed by atoms with E-state index in [0.29, 0.717) is 18.1 Å². The molecule has 1 N–H and O–H groups in total. The number of nitrogens with one attached hydrogen (secondary N) is 1. The highest BCUT2D eigenvalue weighted by atomic mass is 16.5. The predicted molar refractivity (Wildman–Crippen MR) is 67.2 cm³/mol. The van der Waals surface area contributed by atoms with Gasteiger partial charge in [-0.25, -0.2) is 0 Å². The van der Waals surface area contributed by atoms with Crippen LogP contribution in [0.15, 0.2) is 0 Å². The van der Waals surface area contributed by atoms with E-state index >= 15 is 0 Å².